The van der Waals surface area contributed by atoms with Gasteiger partial charge in [0.2, 0.25) is 6.29 Å². The topological polar surface area (TPSA) is 55.5 Å². The van der Waals surface area contributed by atoms with Crippen LogP contribution in [-0.4, -0.2) is 10.1 Å². The predicted molar refractivity (Wildman–Crippen MR) is 57.0 cm³/mol. The molecule has 3 heterocycles. The zero-order valence-corrected chi connectivity index (χ0v) is 9.02. The van der Waals surface area contributed by atoms with Gasteiger partial charge in [-0.2, -0.15) is 0 Å². The standard InChI is InChI=1S/C12H11NO3/c1-6-3-9-10(13-5-6)11-8(12(14)16-9)4-7(2)15-11/h3-5,12,14H,1-2H3. The fourth-order valence-corrected chi connectivity index (χ4v) is 1.89. The molecule has 4 heteroatoms. The molecule has 0 bridgehead atoms. The molecule has 0 saturated carbocycles. The van der Waals surface area contributed by atoms with Gasteiger partial charge in [0, 0.05) is 6.20 Å². The van der Waals surface area contributed by atoms with Crippen LogP contribution in [-0.2, 0) is 0 Å². The molecule has 0 spiro atoms. The Morgan fingerprint density at radius 2 is 2.12 bits per heavy atom. The van der Waals surface area contributed by atoms with E-state index in [1.54, 1.807) is 12.3 Å². The Labute approximate surface area is 92.5 Å². The molecule has 1 aliphatic rings. The zero-order valence-electron chi connectivity index (χ0n) is 9.02. The molecule has 3 rings (SSSR count). The number of pyridine rings is 1. The minimum atomic E-state index is -0.969. The maximum atomic E-state index is 9.80. The summed E-state index contributed by atoms with van der Waals surface area (Å²) in [6.45, 7) is 3.75. The minimum Gasteiger partial charge on any atom is -0.459 e. The molecular formula is C12H11NO3. The lowest BCUT2D eigenvalue weighted by Crippen LogP contribution is -2.12. The number of furan rings is 1. The van der Waals surface area contributed by atoms with Crippen molar-refractivity contribution in [3.8, 4) is 17.2 Å². The van der Waals surface area contributed by atoms with Crippen molar-refractivity contribution >= 4 is 0 Å². The predicted octanol–water partition coefficient (Wildman–Crippen LogP) is 2.34. The van der Waals surface area contributed by atoms with Crippen LogP contribution < -0.4 is 4.74 Å². The monoisotopic (exact) mass is 217 g/mol. The molecule has 0 saturated heterocycles. The molecule has 0 amide bonds. The number of rotatable bonds is 0. The van der Waals surface area contributed by atoms with Gasteiger partial charge < -0.3 is 14.3 Å². The van der Waals surface area contributed by atoms with E-state index in [0.717, 1.165) is 11.3 Å². The molecule has 0 aliphatic carbocycles. The fraction of sp³-hybridized carbons (Fsp3) is 0.250. The van der Waals surface area contributed by atoms with Gasteiger partial charge in [0.05, 0.1) is 5.56 Å². The highest BCUT2D eigenvalue weighted by Gasteiger charge is 2.29. The van der Waals surface area contributed by atoms with Gasteiger partial charge in [-0.25, -0.2) is 4.98 Å². The second-order valence-electron chi connectivity index (χ2n) is 3.97. The molecule has 2 aromatic rings. The number of ether oxygens (including phenoxy) is 1. The highest BCUT2D eigenvalue weighted by atomic mass is 16.6. The van der Waals surface area contributed by atoms with E-state index in [0.29, 0.717) is 22.8 Å². The first-order valence-corrected chi connectivity index (χ1v) is 5.07. The number of hydrogen-bond acceptors (Lipinski definition) is 4. The van der Waals surface area contributed by atoms with Gasteiger partial charge in [0.15, 0.2) is 11.5 Å². The van der Waals surface area contributed by atoms with E-state index in [9.17, 15) is 5.11 Å². The Morgan fingerprint density at radius 1 is 1.31 bits per heavy atom. The second-order valence-corrected chi connectivity index (χ2v) is 3.97. The molecule has 0 fully saturated rings. The summed E-state index contributed by atoms with van der Waals surface area (Å²) in [5.41, 5.74) is 2.28. The number of aromatic nitrogens is 1. The molecule has 2 aromatic heterocycles. The first-order valence-electron chi connectivity index (χ1n) is 5.07. The molecule has 1 unspecified atom stereocenters. The van der Waals surface area contributed by atoms with E-state index in [2.05, 4.69) is 4.98 Å². The van der Waals surface area contributed by atoms with Crippen molar-refractivity contribution in [2.45, 2.75) is 20.1 Å². The molecule has 16 heavy (non-hydrogen) atoms. The van der Waals surface area contributed by atoms with E-state index in [-0.39, 0.29) is 0 Å². The summed E-state index contributed by atoms with van der Waals surface area (Å²) < 4.78 is 10.9. The van der Waals surface area contributed by atoms with Crippen molar-refractivity contribution in [3.63, 3.8) is 0 Å². The van der Waals surface area contributed by atoms with Gasteiger partial charge in [-0.05, 0) is 31.5 Å². The third-order valence-electron chi connectivity index (χ3n) is 2.59. The summed E-state index contributed by atoms with van der Waals surface area (Å²) in [4.78, 5) is 4.28. The maximum absolute atomic E-state index is 9.80. The third kappa shape index (κ3) is 1.23. The number of fused-ring (bicyclic) bond motifs is 3. The van der Waals surface area contributed by atoms with Crippen molar-refractivity contribution in [1.82, 2.24) is 4.98 Å². The summed E-state index contributed by atoms with van der Waals surface area (Å²) in [7, 11) is 0. The van der Waals surface area contributed by atoms with Crippen molar-refractivity contribution < 1.29 is 14.3 Å². The lowest BCUT2D eigenvalue weighted by atomic mass is 10.1. The molecule has 1 atom stereocenters. The van der Waals surface area contributed by atoms with E-state index >= 15 is 0 Å². The lowest BCUT2D eigenvalue weighted by Gasteiger charge is -2.20. The average Bonchev–Trinajstić information content (AvgIpc) is 2.60. The number of aliphatic hydroxyl groups excluding tert-OH is 1. The van der Waals surface area contributed by atoms with Crippen LogP contribution in [0.5, 0.6) is 5.75 Å². The van der Waals surface area contributed by atoms with Crippen molar-refractivity contribution in [2.75, 3.05) is 0 Å². The number of aryl methyl sites for hydroxylation is 2. The highest BCUT2D eigenvalue weighted by Crippen LogP contribution is 2.41. The van der Waals surface area contributed by atoms with Crippen LogP contribution in [0.1, 0.15) is 23.2 Å². The smallest absolute Gasteiger partial charge is 0.228 e. The summed E-state index contributed by atoms with van der Waals surface area (Å²) in [6.07, 6.45) is 0.783. The third-order valence-corrected chi connectivity index (χ3v) is 2.59. The van der Waals surface area contributed by atoms with Gasteiger partial charge in [0.1, 0.15) is 11.5 Å². The number of hydrogen-bond donors (Lipinski definition) is 1. The first kappa shape index (κ1) is 9.42. The normalized spacial score (nSPS) is 17.6. The van der Waals surface area contributed by atoms with Crippen LogP contribution in [0.25, 0.3) is 11.5 Å². The Balaban J connectivity index is 2.27. The maximum Gasteiger partial charge on any atom is 0.228 e. The SMILES string of the molecule is Cc1cnc2c(c1)OC(O)c1cc(C)oc1-2. The van der Waals surface area contributed by atoms with Crippen molar-refractivity contribution in [3.05, 3.63) is 35.2 Å². The van der Waals surface area contributed by atoms with Gasteiger partial charge in [-0.15, -0.1) is 0 Å². The largest absolute Gasteiger partial charge is 0.459 e. The average molecular weight is 217 g/mol. The van der Waals surface area contributed by atoms with Gasteiger partial charge >= 0.3 is 0 Å². The molecule has 82 valence electrons. The summed E-state index contributed by atoms with van der Waals surface area (Å²) >= 11 is 0. The zero-order chi connectivity index (χ0) is 11.3. The summed E-state index contributed by atoms with van der Waals surface area (Å²) in [5.74, 6) is 1.91. The molecule has 0 aromatic carbocycles. The van der Waals surface area contributed by atoms with Crippen LogP contribution in [0.2, 0.25) is 0 Å². The Kier molecular flexibility index (Phi) is 1.82. The molecule has 1 aliphatic heterocycles. The Morgan fingerprint density at radius 3 is 2.94 bits per heavy atom. The van der Waals surface area contributed by atoms with Gasteiger partial charge in [0.25, 0.3) is 0 Å². The lowest BCUT2D eigenvalue weighted by molar-refractivity contribution is -0.0223. The molecule has 1 N–H and O–H groups in total. The van der Waals surface area contributed by atoms with E-state index in [1.165, 1.54) is 0 Å². The van der Waals surface area contributed by atoms with Crippen LogP contribution in [0.3, 0.4) is 0 Å². The van der Waals surface area contributed by atoms with E-state index < -0.39 is 6.29 Å². The second kappa shape index (κ2) is 3.09. The molecule has 0 radical (unpaired) electrons. The number of aliphatic hydroxyl groups is 1. The number of nitrogens with zero attached hydrogens (tertiary/aromatic N) is 1. The van der Waals surface area contributed by atoms with Crippen LogP contribution in [0, 0.1) is 13.8 Å². The van der Waals surface area contributed by atoms with Crippen LogP contribution >= 0.6 is 0 Å². The van der Waals surface area contributed by atoms with E-state index in [4.69, 9.17) is 9.15 Å². The van der Waals surface area contributed by atoms with E-state index in [1.807, 2.05) is 19.9 Å². The van der Waals surface area contributed by atoms with Crippen molar-refractivity contribution in [2.24, 2.45) is 0 Å². The quantitative estimate of drug-likeness (QED) is 0.735. The van der Waals surface area contributed by atoms with Gasteiger partial charge in [-0.3, -0.25) is 0 Å². The highest BCUT2D eigenvalue weighted by molar-refractivity contribution is 5.67. The molecule has 4 nitrogen and oxygen atoms in total. The van der Waals surface area contributed by atoms with Crippen LogP contribution in [0.15, 0.2) is 22.7 Å². The Hall–Kier alpha value is -1.81. The van der Waals surface area contributed by atoms with Crippen LogP contribution in [0.4, 0.5) is 0 Å². The summed E-state index contributed by atoms with van der Waals surface area (Å²) in [6, 6.07) is 3.61. The summed E-state index contributed by atoms with van der Waals surface area (Å²) in [5, 5.41) is 9.80. The fourth-order valence-electron chi connectivity index (χ4n) is 1.89. The first-order chi connectivity index (χ1) is 7.65. The minimum absolute atomic E-state index is 0.564. The van der Waals surface area contributed by atoms with Gasteiger partial charge in [-0.1, -0.05) is 0 Å². The van der Waals surface area contributed by atoms with Crippen molar-refractivity contribution in [1.29, 1.82) is 0 Å². The molecular weight excluding hydrogens is 206 g/mol. The Bertz CT molecular complexity index is 559.